The number of rotatable bonds is 5. The van der Waals surface area contributed by atoms with Crippen molar-refractivity contribution in [3.63, 3.8) is 0 Å². The van der Waals surface area contributed by atoms with Crippen molar-refractivity contribution in [2.75, 3.05) is 0 Å². The predicted molar refractivity (Wildman–Crippen MR) is 43.4 cm³/mol. The number of hydroxylamine groups is 2. The maximum atomic E-state index is 10.9. The Morgan fingerprint density at radius 3 is 2.54 bits per heavy atom. The van der Waals surface area contributed by atoms with Crippen LogP contribution in [0.4, 0.5) is 0 Å². The molecule has 0 aromatic carbocycles. The molecule has 1 aliphatic rings. The quantitative estimate of drug-likeness (QED) is 0.253. The summed E-state index contributed by atoms with van der Waals surface area (Å²) in [5, 5.41) is 0.741. The third-order valence-corrected chi connectivity index (χ3v) is 1.59. The molecule has 13 heavy (non-hydrogen) atoms. The first-order valence-electron chi connectivity index (χ1n) is 4.03. The Morgan fingerprint density at radius 1 is 1.38 bits per heavy atom. The molecule has 0 saturated carbocycles. The highest BCUT2D eigenvalue weighted by atomic mass is 16.7. The Labute approximate surface area is 76.3 Å². The van der Waals surface area contributed by atoms with E-state index in [4.69, 9.17) is 4.76 Å². The minimum absolute atomic E-state index is 0.209. The average molecular weight is 182 g/mol. The number of carbonyl (C=O) groups is 3. The summed E-state index contributed by atoms with van der Waals surface area (Å²) in [6.45, 7) is 0. The molecule has 6 heteroatoms. The lowest BCUT2D eigenvalue weighted by molar-refractivity contribution is -0.164. The van der Waals surface area contributed by atoms with E-state index >= 15 is 0 Å². The van der Waals surface area contributed by atoms with Gasteiger partial charge < -0.3 is 9.55 Å². The topological polar surface area (TPSA) is 63.7 Å². The second-order valence-corrected chi connectivity index (χ2v) is 2.60. The van der Waals surface area contributed by atoms with Gasteiger partial charge in [0.15, 0.2) is 0 Å². The molecule has 1 saturated heterocycles. The second kappa shape index (κ2) is 4.76. The van der Waals surface area contributed by atoms with Gasteiger partial charge in [-0.25, -0.2) is 0 Å². The largest absolute Gasteiger partial charge is 0.335 e. The van der Waals surface area contributed by atoms with Gasteiger partial charge in [0, 0.05) is 12.8 Å². The van der Waals surface area contributed by atoms with E-state index in [1.165, 1.54) is 7.48 Å². The molecule has 0 aromatic rings. The summed E-state index contributed by atoms with van der Waals surface area (Å²) < 4.78 is 4.78. The van der Waals surface area contributed by atoms with Crippen LogP contribution in [0.5, 0.6) is 0 Å². The molecule has 2 amide bonds. The molecular weight excluding hydrogens is 173 g/mol. The first-order valence-corrected chi connectivity index (χ1v) is 4.03. The zero-order valence-corrected chi connectivity index (χ0v) is 7.06. The maximum Gasteiger partial charge on any atom is 0.335 e. The number of aldehydes is 1. The maximum absolute atomic E-state index is 10.9. The van der Waals surface area contributed by atoms with Crippen molar-refractivity contribution in [1.82, 2.24) is 5.06 Å². The Hall–Kier alpha value is -1.17. The molecule has 0 aromatic heterocycles. The van der Waals surface area contributed by atoms with Crippen LogP contribution in [0.1, 0.15) is 19.3 Å². The van der Waals surface area contributed by atoms with Crippen LogP contribution in [-0.2, 0) is 19.1 Å². The van der Waals surface area contributed by atoms with Crippen LogP contribution in [0, 0.1) is 0 Å². The molecule has 0 N–H and O–H groups in total. The molecule has 0 atom stereocenters. The van der Waals surface area contributed by atoms with Gasteiger partial charge in [-0.15, -0.1) is 0 Å². The van der Waals surface area contributed by atoms with E-state index < -0.39 is 0 Å². The minimum atomic E-state index is -0.327. The van der Waals surface area contributed by atoms with Crippen LogP contribution < -0.4 is 0 Å². The fourth-order valence-corrected chi connectivity index (χ4v) is 0.937. The molecule has 5 nitrogen and oxygen atoms in total. The zero-order valence-electron chi connectivity index (χ0n) is 7.06. The van der Waals surface area contributed by atoms with Crippen molar-refractivity contribution in [2.24, 2.45) is 0 Å². The molecule has 1 aliphatic heterocycles. The number of amides is 2. The molecule has 69 valence electrons. The Morgan fingerprint density at radius 2 is 2.00 bits per heavy atom. The molecule has 1 radical (unpaired) electrons. The van der Waals surface area contributed by atoms with E-state index in [2.05, 4.69) is 0 Å². The summed E-state index contributed by atoms with van der Waals surface area (Å²) in [5.41, 5.74) is 0. The third-order valence-electron chi connectivity index (χ3n) is 1.59. The van der Waals surface area contributed by atoms with Crippen molar-refractivity contribution in [1.29, 1.82) is 0 Å². The van der Waals surface area contributed by atoms with E-state index in [0.29, 0.717) is 12.7 Å². The highest BCUT2D eigenvalue weighted by molar-refractivity contribution is 6.28. The highest BCUT2D eigenvalue weighted by Gasteiger charge is 2.29. The van der Waals surface area contributed by atoms with E-state index in [1.807, 2.05) is 0 Å². The van der Waals surface area contributed by atoms with Crippen LogP contribution in [0.3, 0.4) is 0 Å². The predicted octanol–water partition coefficient (Wildman–Crippen LogP) is -0.306. The van der Waals surface area contributed by atoms with Crippen molar-refractivity contribution in [2.45, 2.75) is 25.6 Å². The van der Waals surface area contributed by atoms with Gasteiger partial charge in [-0.1, -0.05) is 0 Å². The third kappa shape index (κ3) is 2.66. The minimum Gasteiger partial charge on any atom is -0.335 e. The number of carbonyl (C=O) groups excluding carboxylic acids is 3. The fraction of sp³-hybridized carbons (Fsp3) is 0.571. The van der Waals surface area contributed by atoms with Crippen molar-refractivity contribution >= 4 is 25.6 Å². The number of nitrogens with zero attached hydrogens (tertiary/aromatic N) is 1. The fourth-order valence-electron chi connectivity index (χ4n) is 0.937. The molecule has 1 fully saturated rings. The van der Waals surface area contributed by atoms with Crippen LogP contribution in [0.15, 0.2) is 0 Å². The first kappa shape index (κ1) is 9.92. The van der Waals surface area contributed by atoms with E-state index in [0.717, 1.165) is 11.3 Å². The molecule has 1 heterocycles. The molecule has 0 aliphatic carbocycles. The average Bonchev–Trinajstić information content (AvgIpc) is 2.42. The molecule has 0 unspecified atom stereocenters. The van der Waals surface area contributed by atoms with Crippen LogP contribution in [0.2, 0.25) is 6.32 Å². The molecular formula is C7H9BNO4. The van der Waals surface area contributed by atoms with Gasteiger partial charge in [0.1, 0.15) is 6.29 Å². The summed E-state index contributed by atoms with van der Waals surface area (Å²) in [6, 6.07) is 0. The van der Waals surface area contributed by atoms with Crippen LogP contribution in [-0.4, -0.2) is 30.6 Å². The van der Waals surface area contributed by atoms with Gasteiger partial charge in [-0.05, 0) is 12.7 Å². The van der Waals surface area contributed by atoms with Gasteiger partial charge >= 0.3 is 7.48 Å². The summed E-state index contributed by atoms with van der Waals surface area (Å²) in [6.07, 6.45) is 1.89. The van der Waals surface area contributed by atoms with Crippen LogP contribution >= 0.6 is 0 Å². The SMILES string of the molecule is O=CCC[B]ON1C(=O)CCC1=O. The second-order valence-electron chi connectivity index (χ2n) is 2.60. The summed E-state index contributed by atoms with van der Waals surface area (Å²) in [4.78, 5) is 31.8. The number of hydrogen-bond acceptors (Lipinski definition) is 4. The first-order chi connectivity index (χ1) is 6.25. The monoisotopic (exact) mass is 182 g/mol. The van der Waals surface area contributed by atoms with E-state index in [1.54, 1.807) is 0 Å². The molecule has 1 rings (SSSR count). The van der Waals surface area contributed by atoms with Crippen molar-refractivity contribution in [3.8, 4) is 0 Å². The Balaban J connectivity index is 2.23. The Kier molecular flexibility index (Phi) is 3.63. The Bertz CT molecular complexity index is 215. The van der Waals surface area contributed by atoms with Crippen LogP contribution in [0.25, 0.3) is 0 Å². The lowest BCUT2D eigenvalue weighted by Crippen LogP contribution is -2.30. The summed E-state index contributed by atoms with van der Waals surface area (Å²) >= 11 is 0. The number of imide groups is 1. The summed E-state index contributed by atoms with van der Waals surface area (Å²) in [5.74, 6) is -0.653. The zero-order chi connectivity index (χ0) is 9.68. The van der Waals surface area contributed by atoms with Crippen molar-refractivity contribution < 1.29 is 19.1 Å². The summed E-state index contributed by atoms with van der Waals surface area (Å²) in [7, 11) is 1.29. The van der Waals surface area contributed by atoms with E-state index in [9.17, 15) is 14.4 Å². The highest BCUT2D eigenvalue weighted by Crippen LogP contribution is 2.11. The van der Waals surface area contributed by atoms with Crippen molar-refractivity contribution in [3.05, 3.63) is 0 Å². The smallest absolute Gasteiger partial charge is 0.335 e. The van der Waals surface area contributed by atoms with Gasteiger partial charge in [0.2, 0.25) is 0 Å². The molecule has 0 bridgehead atoms. The van der Waals surface area contributed by atoms with E-state index in [-0.39, 0.29) is 24.7 Å². The van der Waals surface area contributed by atoms with Gasteiger partial charge in [-0.2, -0.15) is 5.06 Å². The normalized spacial score (nSPS) is 16.5. The standard InChI is InChI=1S/C7H9BNO4/c10-5-1-4-8-13-9-6(11)2-3-7(9)12/h5H,1-4H2. The van der Waals surface area contributed by atoms with Gasteiger partial charge in [0.05, 0.1) is 0 Å². The molecule has 0 spiro atoms. The van der Waals surface area contributed by atoms with Gasteiger partial charge in [0.25, 0.3) is 11.8 Å². The van der Waals surface area contributed by atoms with Gasteiger partial charge in [-0.3, -0.25) is 9.59 Å². The lowest BCUT2D eigenvalue weighted by Gasteiger charge is -2.12. The lowest BCUT2D eigenvalue weighted by atomic mass is 9.94. The number of hydrogen-bond donors (Lipinski definition) is 0.